The minimum absolute atomic E-state index is 0.0491. The zero-order chi connectivity index (χ0) is 13.6. The van der Waals surface area contributed by atoms with E-state index in [-0.39, 0.29) is 11.8 Å². The predicted octanol–water partition coefficient (Wildman–Crippen LogP) is 3.08. The molecule has 0 amide bonds. The van der Waals surface area contributed by atoms with Crippen molar-refractivity contribution in [3.05, 3.63) is 24.0 Å². The fraction of sp³-hybridized carbons (Fsp3) is 0.571. The summed E-state index contributed by atoms with van der Waals surface area (Å²) in [6.45, 7) is 7.02. The Morgan fingerprint density at radius 2 is 2.17 bits per heavy atom. The van der Waals surface area contributed by atoms with Gasteiger partial charge in [-0.3, -0.25) is 9.78 Å². The molecule has 0 saturated heterocycles. The number of carboxylic acids is 1. The number of rotatable bonds is 7. The van der Waals surface area contributed by atoms with Gasteiger partial charge < -0.3 is 10.4 Å². The number of pyridine rings is 1. The normalized spacial score (nSPS) is 11.3. The Morgan fingerprint density at radius 3 is 2.78 bits per heavy atom. The molecule has 100 valence electrons. The Kier molecular flexibility index (Phi) is 5.13. The maximum atomic E-state index is 10.6. The van der Waals surface area contributed by atoms with Crippen molar-refractivity contribution in [3.63, 3.8) is 0 Å². The van der Waals surface area contributed by atoms with Crippen LogP contribution in [0.3, 0.4) is 0 Å². The number of aliphatic carboxylic acids is 1. The second-order valence-electron chi connectivity index (χ2n) is 5.42. The van der Waals surface area contributed by atoms with Crippen LogP contribution in [0.15, 0.2) is 18.3 Å². The molecule has 0 aromatic carbocycles. The molecule has 0 aliphatic carbocycles. The predicted molar refractivity (Wildman–Crippen MR) is 72.7 cm³/mol. The van der Waals surface area contributed by atoms with E-state index in [1.54, 1.807) is 6.20 Å². The van der Waals surface area contributed by atoms with Gasteiger partial charge >= 0.3 is 5.97 Å². The Balaban J connectivity index is 2.34. The van der Waals surface area contributed by atoms with Crippen LogP contribution in [-0.2, 0) is 4.79 Å². The monoisotopic (exact) mass is 250 g/mol. The van der Waals surface area contributed by atoms with Crippen LogP contribution in [-0.4, -0.2) is 22.6 Å². The highest BCUT2D eigenvalue weighted by Gasteiger charge is 2.18. The van der Waals surface area contributed by atoms with E-state index in [2.05, 4.69) is 24.1 Å². The molecule has 0 radical (unpaired) electrons. The van der Waals surface area contributed by atoms with Gasteiger partial charge in [0.25, 0.3) is 0 Å². The second kappa shape index (κ2) is 6.38. The molecule has 1 rings (SSSR count). The van der Waals surface area contributed by atoms with Crippen molar-refractivity contribution in [3.8, 4) is 0 Å². The van der Waals surface area contributed by atoms with E-state index in [1.807, 2.05) is 19.1 Å². The summed E-state index contributed by atoms with van der Waals surface area (Å²) in [6.07, 6.45) is 3.68. The van der Waals surface area contributed by atoms with E-state index in [0.29, 0.717) is 6.42 Å². The average Bonchev–Trinajstić information content (AvgIpc) is 2.26. The van der Waals surface area contributed by atoms with Gasteiger partial charge in [0.2, 0.25) is 0 Å². The molecule has 0 unspecified atom stereocenters. The van der Waals surface area contributed by atoms with Gasteiger partial charge in [0.15, 0.2) is 0 Å². The molecule has 0 aliphatic rings. The molecule has 4 nitrogen and oxygen atoms in total. The van der Waals surface area contributed by atoms with Crippen LogP contribution in [0.4, 0.5) is 5.69 Å². The topological polar surface area (TPSA) is 62.2 Å². The van der Waals surface area contributed by atoms with Crippen molar-refractivity contribution >= 4 is 11.7 Å². The van der Waals surface area contributed by atoms with Crippen LogP contribution in [0, 0.1) is 12.3 Å². The number of hydrogen-bond donors (Lipinski definition) is 2. The summed E-state index contributed by atoms with van der Waals surface area (Å²) in [4.78, 5) is 14.7. The van der Waals surface area contributed by atoms with Crippen molar-refractivity contribution in [2.45, 2.75) is 40.0 Å². The first-order valence-corrected chi connectivity index (χ1v) is 6.27. The summed E-state index contributed by atoms with van der Waals surface area (Å²) in [7, 11) is 0. The number of nitrogens with one attached hydrogen (secondary N) is 1. The number of hydrogen-bond acceptors (Lipinski definition) is 3. The highest BCUT2D eigenvalue weighted by Crippen LogP contribution is 2.26. The van der Waals surface area contributed by atoms with E-state index in [1.165, 1.54) is 0 Å². The van der Waals surface area contributed by atoms with E-state index in [9.17, 15) is 4.79 Å². The van der Waals surface area contributed by atoms with Crippen LogP contribution in [0.1, 0.15) is 38.8 Å². The number of carboxylic acid groups (broad SMARTS) is 1. The molecule has 0 saturated carbocycles. The van der Waals surface area contributed by atoms with Gasteiger partial charge in [0, 0.05) is 30.5 Å². The maximum absolute atomic E-state index is 10.6. The summed E-state index contributed by atoms with van der Waals surface area (Å²) in [5.74, 6) is -0.721. The highest BCUT2D eigenvalue weighted by atomic mass is 16.4. The van der Waals surface area contributed by atoms with Crippen LogP contribution in [0.25, 0.3) is 0 Å². The number of anilines is 1. The van der Waals surface area contributed by atoms with Gasteiger partial charge in [-0.05, 0) is 37.3 Å². The molecule has 1 heterocycles. The van der Waals surface area contributed by atoms with Gasteiger partial charge in [-0.2, -0.15) is 0 Å². The number of nitrogens with zero attached hydrogens (tertiary/aromatic N) is 1. The fourth-order valence-corrected chi connectivity index (χ4v) is 1.77. The smallest absolute Gasteiger partial charge is 0.303 e. The maximum Gasteiger partial charge on any atom is 0.303 e. The number of aryl methyl sites for hydroxylation is 1. The Labute approximate surface area is 108 Å². The highest BCUT2D eigenvalue weighted by molar-refractivity contribution is 5.66. The van der Waals surface area contributed by atoms with Gasteiger partial charge in [-0.1, -0.05) is 13.8 Å². The van der Waals surface area contributed by atoms with Crippen molar-refractivity contribution in [2.75, 3.05) is 11.9 Å². The lowest BCUT2D eigenvalue weighted by atomic mass is 9.84. The summed E-state index contributed by atoms with van der Waals surface area (Å²) >= 11 is 0. The summed E-state index contributed by atoms with van der Waals surface area (Å²) < 4.78 is 0. The van der Waals surface area contributed by atoms with E-state index < -0.39 is 5.97 Å². The fourth-order valence-electron chi connectivity index (χ4n) is 1.77. The van der Waals surface area contributed by atoms with Crippen LogP contribution in [0.5, 0.6) is 0 Å². The van der Waals surface area contributed by atoms with Gasteiger partial charge in [0.05, 0.1) is 0 Å². The lowest BCUT2D eigenvalue weighted by Crippen LogP contribution is -2.18. The van der Waals surface area contributed by atoms with E-state index >= 15 is 0 Å². The molecule has 0 spiro atoms. The van der Waals surface area contributed by atoms with Crippen molar-refractivity contribution < 1.29 is 9.90 Å². The number of aromatic nitrogens is 1. The molecule has 18 heavy (non-hydrogen) atoms. The molecular formula is C14H22N2O2. The van der Waals surface area contributed by atoms with Gasteiger partial charge in [0.1, 0.15) is 0 Å². The first-order chi connectivity index (χ1) is 8.39. The van der Waals surface area contributed by atoms with Crippen molar-refractivity contribution in [1.82, 2.24) is 4.98 Å². The Morgan fingerprint density at radius 1 is 1.44 bits per heavy atom. The molecule has 0 fully saturated rings. The van der Waals surface area contributed by atoms with Crippen LogP contribution in [0.2, 0.25) is 0 Å². The molecule has 1 aromatic heterocycles. The largest absolute Gasteiger partial charge is 0.481 e. The summed E-state index contributed by atoms with van der Waals surface area (Å²) in [6, 6.07) is 3.95. The van der Waals surface area contributed by atoms with Gasteiger partial charge in [-0.15, -0.1) is 0 Å². The lowest BCUT2D eigenvalue weighted by molar-refractivity contribution is -0.137. The summed E-state index contributed by atoms with van der Waals surface area (Å²) in [5.41, 5.74) is 2.11. The third-order valence-corrected chi connectivity index (χ3v) is 3.04. The molecular weight excluding hydrogens is 228 g/mol. The van der Waals surface area contributed by atoms with E-state index in [4.69, 9.17) is 5.11 Å². The molecule has 0 bridgehead atoms. The second-order valence-corrected chi connectivity index (χ2v) is 5.42. The first-order valence-electron chi connectivity index (χ1n) is 6.27. The zero-order valence-electron chi connectivity index (χ0n) is 11.4. The van der Waals surface area contributed by atoms with Crippen LogP contribution >= 0.6 is 0 Å². The third kappa shape index (κ3) is 5.66. The average molecular weight is 250 g/mol. The Bertz CT molecular complexity index is 403. The van der Waals surface area contributed by atoms with E-state index in [0.717, 1.165) is 24.3 Å². The SMILES string of the molecule is Cc1cc(NCCC(C)(C)CCC(=O)O)ccn1. The quantitative estimate of drug-likeness (QED) is 0.780. The number of carbonyl (C=O) groups is 1. The molecule has 2 N–H and O–H groups in total. The van der Waals surface area contributed by atoms with Crippen LogP contribution < -0.4 is 5.32 Å². The molecule has 1 aromatic rings. The summed E-state index contributed by atoms with van der Waals surface area (Å²) in [5, 5.41) is 12.0. The van der Waals surface area contributed by atoms with Crippen molar-refractivity contribution in [2.24, 2.45) is 5.41 Å². The van der Waals surface area contributed by atoms with Gasteiger partial charge in [-0.25, -0.2) is 0 Å². The minimum atomic E-state index is -0.721. The zero-order valence-corrected chi connectivity index (χ0v) is 11.4. The molecule has 0 aliphatic heterocycles. The Hall–Kier alpha value is -1.58. The molecule has 4 heteroatoms. The third-order valence-electron chi connectivity index (χ3n) is 3.04. The first kappa shape index (κ1) is 14.5. The molecule has 0 atom stereocenters. The van der Waals surface area contributed by atoms with Crippen molar-refractivity contribution in [1.29, 1.82) is 0 Å². The minimum Gasteiger partial charge on any atom is -0.481 e. The lowest BCUT2D eigenvalue weighted by Gasteiger charge is -2.24. The standard InChI is InChI=1S/C14H22N2O2/c1-11-10-12(5-8-15-11)16-9-7-14(2,3)6-4-13(17)18/h5,8,10H,4,6-7,9H2,1-3H3,(H,15,16)(H,17,18).